The quantitative estimate of drug-likeness (QED) is 0.788. The molecule has 0 N–H and O–H groups in total. The maximum absolute atomic E-state index is 5.42. The van der Waals surface area contributed by atoms with E-state index >= 15 is 0 Å². The van der Waals surface area contributed by atoms with Crippen LogP contribution in [-0.2, 0) is 6.42 Å². The number of hydrogen-bond acceptors (Lipinski definition) is 2. The van der Waals surface area contributed by atoms with Crippen LogP contribution in [-0.4, -0.2) is 23.4 Å². The zero-order chi connectivity index (χ0) is 11.5. The Labute approximate surface area is 110 Å². The van der Waals surface area contributed by atoms with Crippen molar-refractivity contribution in [2.75, 3.05) is 18.6 Å². The van der Waals surface area contributed by atoms with Crippen LogP contribution in [0.25, 0.3) is 0 Å². The molecule has 1 aliphatic rings. The highest BCUT2D eigenvalue weighted by atomic mass is 79.9. The van der Waals surface area contributed by atoms with Crippen molar-refractivity contribution in [1.82, 2.24) is 0 Å². The van der Waals surface area contributed by atoms with Gasteiger partial charge in [-0.3, -0.25) is 0 Å². The zero-order valence-electron chi connectivity index (χ0n) is 9.70. The van der Waals surface area contributed by atoms with E-state index in [0.717, 1.165) is 18.1 Å². The molecule has 16 heavy (non-hydrogen) atoms. The molecule has 1 aromatic carbocycles. The molecule has 0 spiro atoms. The third-order valence-electron chi connectivity index (χ3n) is 3.04. The normalized spacial score (nSPS) is 24.7. The Bertz CT molecular complexity index is 367. The second-order valence-electron chi connectivity index (χ2n) is 4.33. The fraction of sp³-hybridized carbons (Fsp3) is 0.538. The number of hydrogen-bond donors (Lipinski definition) is 0. The first-order valence-electron chi connectivity index (χ1n) is 5.56. The standard InChI is InChI=1S/C13H17BrOS/c1-9-3-4-13(15-2)10(5-9)6-11-7-16-8-12(11)14/h3-5,11-12H,6-8H2,1-2H3. The Morgan fingerprint density at radius 1 is 1.44 bits per heavy atom. The second kappa shape index (κ2) is 5.46. The molecule has 0 aliphatic carbocycles. The highest BCUT2D eigenvalue weighted by Crippen LogP contribution is 2.34. The number of aryl methyl sites for hydroxylation is 1. The van der Waals surface area contributed by atoms with Gasteiger partial charge in [0, 0.05) is 10.6 Å². The van der Waals surface area contributed by atoms with Crippen molar-refractivity contribution in [3.05, 3.63) is 29.3 Å². The van der Waals surface area contributed by atoms with E-state index in [-0.39, 0.29) is 0 Å². The summed E-state index contributed by atoms with van der Waals surface area (Å²) in [6, 6.07) is 6.44. The first-order valence-corrected chi connectivity index (χ1v) is 7.63. The van der Waals surface area contributed by atoms with Crippen LogP contribution in [0, 0.1) is 12.8 Å². The van der Waals surface area contributed by atoms with E-state index in [1.807, 2.05) is 11.8 Å². The van der Waals surface area contributed by atoms with Crippen LogP contribution in [0.4, 0.5) is 0 Å². The van der Waals surface area contributed by atoms with Gasteiger partial charge in [0.15, 0.2) is 0 Å². The van der Waals surface area contributed by atoms with Gasteiger partial charge in [-0.25, -0.2) is 0 Å². The molecule has 2 unspecified atom stereocenters. The molecule has 0 saturated carbocycles. The SMILES string of the molecule is COc1ccc(C)cc1CC1CSCC1Br. The van der Waals surface area contributed by atoms with Crippen LogP contribution in [0.15, 0.2) is 18.2 Å². The monoisotopic (exact) mass is 300 g/mol. The third kappa shape index (κ3) is 2.75. The summed E-state index contributed by atoms with van der Waals surface area (Å²) in [4.78, 5) is 0.655. The summed E-state index contributed by atoms with van der Waals surface area (Å²) in [6.07, 6.45) is 1.12. The Morgan fingerprint density at radius 3 is 2.88 bits per heavy atom. The Balaban J connectivity index is 2.16. The van der Waals surface area contributed by atoms with Crippen LogP contribution < -0.4 is 4.74 Å². The number of thioether (sulfide) groups is 1. The van der Waals surface area contributed by atoms with Crippen molar-refractivity contribution < 1.29 is 4.74 Å². The van der Waals surface area contributed by atoms with Crippen molar-refractivity contribution in [2.45, 2.75) is 18.2 Å². The number of alkyl halides is 1. The minimum atomic E-state index is 0.655. The molecule has 3 heteroatoms. The highest BCUT2D eigenvalue weighted by molar-refractivity contribution is 9.09. The molecule has 88 valence electrons. The second-order valence-corrected chi connectivity index (χ2v) is 6.58. The molecule has 1 aromatic rings. The summed E-state index contributed by atoms with van der Waals surface area (Å²) in [5, 5.41) is 0. The van der Waals surface area contributed by atoms with Gasteiger partial charge in [0.25, 0.3) is 0 Å². The van der Waals surface area contributed by atoms with Gasteiger partial charge in [-0.2, -0.15) is 11.8 Å². The molecule has 1 heterocycles. The molecular formula is C13H17BrOS. The van der Waals surface area contributed by atoms with E-state index < -0.39 is 0 Å². The lowest BCUT2D eigenvalue weighted by Crippen LogP contribution is -2.14. The molecule has 1 aliphatic heterocycles. The van der Waals surface area contributed by atoms with E-state index in [4.69, 9.17) is 4.74 Å². The predicted molar refractivity (Wildman–Crippen MR) is 75.0 cm³/mol. The van der Waals surface area contributed by atoms with Gasteiger partial charge in [0.05, 0.1) is 7.11 Å². The minimum absolute atomic E-state index is 0.655. The van der Waals surface area contributed by atoms with Crippen molar-refractivity contribution in [3.63, 3.8) is 0 Å². The van der Waals surface area contributed by atoms with E-state index in [0.29, 0.717) is 4.83 Å². The summed E-state index contributed by atoms with van der Waals surface area (Å²) in [6.45, 7) is 2.14. The molecule has 2 rings (SSSR count). The maximum atomic E-state index is 5.42. The number of benzene rings is 1. The van der Waals surface area contributed by atoms with E-state index in [1.165, 1.54) is 22.6 Å². The van der Waals surface area contributed by atoms with E-state index in [2.05, 4.69) is 41.1 Å². The number of halogens is 1. The fourth-order valence-electron chi connectivity index (χ4n) is 2.11. The molecule has 1 nitrogen and oxygen atoms in total. The van der Waals surface area contributed by atoms with Gasteiger partial charge in [0.1, 0.15) is 5.75 Å². The number of methoxy groups -OCH3 is 1. The van der Waals surface area contributed by atoms with Crippen molar-refractivity contribution in [2.24, 2.45) is 5.92 Å². The summed E-state index contributed by atoms with van der Waals surface area (Å²) in [5.41, 5.74) is 2.66. The van der Waals surface area contributed by atoms with Gasteiger partial charge < -0.3 is 4.74 Å². The van der Waals surface area contributed by atoms with Crippen molar-refractivity contribution in [1.29, 1.82) is 0 Å². The Kier molecular flexibility index (Phi) is 4.20. The van der Waals surface area contributed by atoms with Crippen LogP contribution in [0.3, 0.4) is 0 Å². The average molecular weight is 301 g/mol. The molecule has 2 atom stereocenters. The zero-order valence-corrected chi connectivity index (χ0v) is 12.1. The predicted octanol–water partition coefficient (Wildman–Crippen LogP) is 3.67. The highest BCUT2D eigenvalue weighted by Gasteiger charge is 2.26. The lowest BCUT2D eigenvalue weighted by molar-refractivity contribution is 0.406. The summed E-state index contributed by atoms with van der Waals surface area (Å²) in [7, 11) is 1.75. The molecular weight excluding hydrogens is 284 g/mol. The molecule has 0 aromatic heterocycles. The molecule has 0 amide bonds. The third-order valence-corrected chi connectivity index (χ3v) is 5.80. The Morgan fingerprint density at radius 2 is 2.25 bits per heavy atom. The van der Waals surface area contributed by atoms with Gasteiger partial charge in [-0.1, -0.05) is 33.6 Å². The summed E-state index contributed by atoms with van der Waals surface area (Å²) in [5.74, 6) is 4.26. The Hall–Kier alpha value is -0.150. The smallest absolute Gasteiger partial charge is 0.122 e. The topological polar surface area (TPSA) is 9.23 Å². The van der Waals surface area contributed by atoms with Crippen LogP contribution in [0.1, 0.15) is 11.1 Å². The van der Waals surface area contributed by atoms with Crippen molar-refractivity contribution >= 4 is 27.7 Å². The van der Waals surface area contributed by atoms with Crippen molar-refractivity contribution in [3.8, 4) is 5.75 Å². The van der Waals surface area contributed by atoms with Crippen LogP contribution >= 0.6 is 27.7 Å². The largest absolute Gasteiger partial charge is 0.496 e. The molecule has 1 fully saturated rings. The summed E-state index contributed by atoms with van der Waals surface area (Å²) >= 11 is 5.81. The van der Waals surface area contributed by atoms with Gasteiger partial charge in [-0.15, -0.1) is 0 Å². The lowest BCUT2D eigenvalue weighted by atomic mass is 9.97. The number of ether oxygens (including phenoxy) is 1. The average Bonchev–Trinajstić information content (AvgIpc) is 2.65. The van der Waals surface area contributed by atoms with Gasteiger partial charge in [0.2, 0.25) is 0 Å². The molecule has 1 saturated heterocycles. The van der Waals surface area contributed by atoms with Crippen LogP contribution in [0.2, 0.25) is 0 Å². The summed E-state index contributed by atoms with van der Waals surface area (Å²) < 4.78 is 5.42. The van der Waals surface area contributed by atoms with E-state index in [9.17, 15) is 0 Å². The molecule has 0 bridgehead atoms. The lowest BCUT2D eigenvalue weighted by Gasteiger charge is -2.16. The molecule has 0 radical (unpaired) electrons. The van der Waals surface area contributed by atoms with Gasteiger partial charge in [-0.05, 0) is 36.6 Å². The van der Waals surface area contributed by atoms with Gasteiger partial charge >= 0.3 is 0 Å². The fourth-order valence-corrected chi connectivity index (χ4v) is 4.58. The first kappa shape index (κ1) is 12.3. The van der Waals surface area contributed by atoms with Crippen LogP contribution in [0.5, 0.6) is 5.75 Å². The first-order chi connectivity index (χ1) is 7.70. The maximum Gasteiger partial charge on any atom is 0.122 e. The minimum Gasteiger partial charge on any atom is -0.496 e. The van der Waals surface area contributed by atoms with E-state index in [1.54, 1.807) is 7.11 Å². The number of rotatable bonds is 3.